The molecule has 3 N–H and O–H groups in total. The van der Waals surface area contributed by atoms with Crippen LogP contribution in [0, 0.1) is 0 Å². The lowest BCUT2D eigenvalue weighted by Crippen LogP contribution is -2.25. The van der Waals surface area contributed by atoms with Crippen LogP contribution in [0.1, 0.15) is 43.8 Å². The van der Waals surface area contributed by atoms with Crippen molar-refractivity contribution in [1.29, 1.82) is 0 Å². The Morgan fingerprint density at radius 1 is 1.50 bits per heavy atom. The first kappa shape index (κ1) is 16.6. The Morgan fingerprint density at radius 2 is 2.18 bits per heavy atom. The van der Waals surface area contributed by atoms with E-state index >= 15 is 0 Å². The lowest BCUT2D eigenvalue weighted by atomic mass is 9.92. The van der Waals surface area contributed by atoms with Gasteiger partial charge < -0.3 is 15.4 Å². The number of hydrogen-bond acceptors (Lipinski definition) is 3. The molecule has 1 heterocycles. The van der Waals surface area contributed by atoms with Crippen LogP contribution in [-0.4, -0.2) is 33.1 Å². The maximum atomic E-state index is 13.2. The zero-order valence-corrected chi connectivity index (χ0v) is 12.3. The molecule has 1 aliphatic carbocycles. The quantitative estimate of drug-likeness (QED) is 0.791. The molecule has 1 saturated carbocycles. The number of aliphatic carboxylic acids is 1. The smallest absolute Gasteiger partial charge is 0.331 e. The van der Waals surface area contributed by atoms with Crippen molar-refractivity contribution in [3.05, 3.63) is 29.9 Å². The van der Waals surface area contributed by atoms with Crippen LogP contribution in [0.4, 0.5) is 8.78 Å². The average Bonchev–Trinajstić information content (AvgIpc) is 2.91. The molecule has 7 heteroatoms. The minimum atomic E-state index is -2.55. The minimum Gasteiger partial charge on any atom is -0.478 e. The van der Waals surface area contributed by atoms with E-state index < -0.39 is 11.9 Å². The third-order valence-electron chi connectivity index (χ3n) is 3.97. The molecular formula is C15H21F2N3O2. The molecule has 0 spiro atoms. The molecule has 0 saturated heterocycles. The molecule has 0 radical (unpaired) electrons. The average molecular weight is 313 g/mol. The van der Waals surface area contributed by atoms with Crippen LogP contribution in [0.25, 0.3) is 0 Å². The van der Waals surface area contributed by atoms with Crippen LogP contribution in [0.5, 0.6) is 0 Å². The van der Waals surface area contributed by atoms with Crippen molar-refractivity contribution >= 4 is 5.97 Å². The summed E-state index contributed by atoms with van der Waals surface area (Å²) in [6.45, 7) is 0.390. The Kier molecular flexibility index (Phi) is 5.28. The summed E-state index contributed by atoms with van der Waals surface area (Å²) < 4.78 is 28.2. The van der Waals surface area contributed by atoms with E-state index in [0.717, 1.165) is 0 Å². The predicted molar refractivity (Wildman–Crippen MR) is 77.8 cm³/mol. The third-order valence-corrected chi connectivity index (χ3v) is 3.97. The highest BCUT2D eigenvalue weighted by atomic mass is 19.3. The molecule has 0 atom stereocenters. The van der Waals surface area contributed by atoms with Crippen LogP contribution < -0.4 is 5.73 Å². The highest BCUT2D eigenvalue weighted by Gasteiger charge is 2.35. The lowest BCUT2D eigenvalue weighted by molar-refractivity contribution is -0.132. The number of aromatic nitrogens is 2. The first-order valence-corrected chi connectivity index (χ1v) is 7.44. The summed E-state index contributed by atoms with van der Waals surface area (Å²) in [6.07, 6.45) is 6.28. The molecule has 5 nitrogen and oxygen atoms in total. The second-order valence-corrected chi connectivity index (χ2v) is 5.69. The lowest BCUT2D eigenvalue weighted by Gasteiger charge is -2.28. The molecule has 1 aromatic rings. The van der Waals surface area contributed by atoms with Gasteiger partial charge in [0.15, 0.2) is 0 Å². The van der Waals surface area contributed by atoms with Gasteiger partial charge in [0.05, 0.1) is 12.0 Å². The summed E-state index contributed by atoms with van der Waals surface area (Å²) in [4.78, 5) is 15.4. The topological polar surface area (TPSA) is 81.1 Å². The Balaban J connectivity index is 2.00. The first-order valence-electron chi connectivity index (χ1n) is 7.44. The molecule has 122 valence electrons. The number of carboxylic acids is 1. The number of nitrogens with zero attached hydrogens (tertiary/aromatic N) is 2. The Labute approximate surface area is 127 Å². The standard InChI is InChI=1S/C15H21F2N3O2/c16-15(17)5-3-13(4-6-15)20-9-12(19-10-20)8-11(14(21)22)2-1-7-18/h2,9-10,13H,1,3-8,18H2,(H,21,22)/b11-2-. The summed E-state index contributed by atoms with van der Waals surface area (Å²) in [5.74, 6) is -3.54. The molecule has 0 unspecified atom stereocenters. The molecule has 1 aromatic heterocycles. The van der Waals surface area contributed by atoms with E-state index in [4.69, 9.17) is 10.8 Å². The largest absolute Gasteiger partial charge is 0.478 e. The second kappa shape index (κ2) is 7.00. The zero-order valence-electron chi connectivity index (χ0n) is 12.3. The van der Waals surface area contributed by atoms with Crippen molar-refractivity contribution < 1.29 is 18.7 Å². The van der Waals surface area contributed by atoms with Gasteiger partial charge in [0.2, 0.25) is 5.92 Å². The van der Waals surface area contributed by atoms with E-state index in [0.29, 0.717) is 31.5 Å². The van der Waals surface area contributed by atoms with E-state index in [1.807, 2.05) is 4.57 Å². The van der Waals surface area contributed by atoms with Gasteiger partial charge in [0, 0.05) is 37.1 Å². The van der Waals surface area contributed by atoms with E-state index in [2.05, 4.69) is 4.98 Å². The van der Waals surface area contributed by atoms with Gasteiger partial charge in [-0.2, -0.15) is 0 Å². The Morgan fingerprint density at radius 3 is 2.77 bits per heavy atom. The van der Waals surface area contributed by atoms with Gasteiger partial charge in [-0.1, -0.05) is 6.08 Å². The van der Waals surface area contributed by atoms with Gasteiger partial charge in [0.25, 0.3) is 0 Å². The fourth-order valence-corrected chi connectivity index (χ4v) is 2.68. The summed E-state index contributed by atoms with van der Waals surface area (Å²) in [7, 11) is 0. The number of rotatable bonds is 6. The Bertz CT molecular complexity index is 545. The van der Waals surface area contributed by atoms with E-state index in [-0.39, 0.29) is 30.9 Å². The minimum absolute atomic E-state index is 0.0159. The highest BCUT2D eigenvalue weighted by molar-refractivity contribution is 5.86. The van der Waals surface area contributed by atoms with Gasteiger partial charge >= 0.3 is 5.97 Å². The molecule has 1 aliphatic rings. The number of imidazole rings is 1. The van der Waals surface area contributed by atoms with Crippen LogP contribution in [0.15, 0.2) is 24.2 Å². The van der Waals surface area contributed by atoms with Crippen molar-refractivity contribution in [1.82, 2.24) is 9.55 Å². The second-order valence-electron chi connectivity index (χ2n) is 5.69. The SMILES string of the molecule is NCC/C=C(/Cc1cn(C2CCC(F)(F)CC2)cn1)C(=O)O. The maximum absolute atomic E-state index is 13.2. The molecule has 0 bridgehead atoms. The van der Waals surface area contributed by atoms with Gasteiger partial charge in [0.1, 0.15) is 0 Å². The maximum Gasteiger partial charge on any atom is 0.331 e. The molecule has 2 rings (SSSR count). The van der Waals surface area contributed by atoms with Crippen molar-refractivity contribution in [3.63, 3.8) is 0 Å². The van der Waals surface area contributed by atoms with Crippen LogP contribution in [-0.2, 0) is 11.2 Å². The van der Waals surface area contributed by atoms with Crippen molar-refractivity contribution in [2.75, 3.05) is 6.54 Å². The van der Waals surface area contributed by atoms with Crippen LogP contribution >= 0.6 is 0 Å². The van der Waals surface area contributed by atoms with Gasteiger partial charge in [-0.15, -0.1) is 0 Å². The number of alkyl halides is 2. The van der Waals surface area contributed by atoms with Gasteiger partial charge in [-0.3, -0.25) is 0 Å². The van der Waals surface area contributed by atoms with E-state index in [1.165, 1.54) is 0 Å². The normalized spacial score (nSPS) is 19.3. The summed E-state index contributed by atoms with van der Waals surface area (Å²) in [6, 6.07) is 0.0159. The van der Waals surface area contributed by atoms with Gasteiger partial charge in [-0.05, 0) is 25.8 Å². The molecule has 1 fully saturated rings. The van der Waals surface area contributed by atoms with Crippen molar-refractivity contribution in [2.24, 2.45) is 5.73 Å². The van der Waals surface area contributed by atoms with Crippen molar-refractivity contribution in [2.45, 2.75) is 50.5 Å². The van der Waals surface area contributed by atoms with Crippen LogP contribution in [0.2, 0.25) is 0 Å². The summed E-state index contributed by atoms with van der Waals surface area (Å²) in [5, 5.41) is 9.15. The fraction of sp³-hybridized carbons (Fsp3) is 0.600. The monoisotopic (exact) mass is 313 g/mol. The number of carbonyl (C=O) groups is 1. The fourth-order valence-electron chi connectivity index (χ4n) is 2.68. The van der Waals surface area contributed by atoms with E-state index in [9.17, 15) is 13.6 Å². The summed E-state index contributed by atoms with van der Waals surface area (Å²) in [5.41, 5.74) is 6.26. The first-order chi connectivity index (χ1) is 10.4. The molecule has 22 heavy (non-hydrogen) atoms. The molecule has 0 amide bonds. The number of nitrogens with two attached hydrogens (primary N) is 1. The summed E-state index contributed by atoms with van der Waals surface area (Å²) >= 11 is 0. The highest BCUT2D eigenvalue weighted by Crippen LogP contribution is 2.38. The number of halogens is 2. The van der Waals surface area contributed by atoms with E-state index in [1.54, 1.807) is 18.6 Å². The third kappa shape index (κ3) is 4.37. The van der Waals surface area contributed by atoms with Gasteiger partial charge in [-0.25, -0.2) is 18.6 Å². The molecule has 0 aliphatic heterocycles. The number of carboxylic acid groups (broad SMARTS) is 1. The number of hydrogen-bond donors (Lipinski definition) is 2. The van der Waals surface area contributed by atoms with Crippen LogP contribution in [0.3, 0.4) is 0 Å². The molecular weight excluding hydrogens is 292 g/mol. The predicted octanol–water partition coefficient (Wildman–Crippen LogP) is 2.54. The Hall–Kier alpha value is -1.76. The molecule has 0 aromatic carbocycles. The van der Waals surface area contributed by atoms with Crippen molar-refractivity contribution in [3.8, 4) is 0 Å². The zero-order chi connectivity index (χ0) is 16.2.